The van der Waals surface area contributed by atoms with Crippen molar-refractivity contribution in [2.75, 3.05) is 6.54 Å². The Bertz CT molecular complexity index is 242. The Balaban J connectivity index is 2.40. The van der Waals surface area contributed by atoms with E-state index in [0.29, 0.717) is 19.4 Å². The molecule has 4 N–H and O–H groups in total. The van der Waals surface area contributed by atoms with E-state index in [1.165, 1.54) is 6.92 Å². The van der Waals surface area contributed by atoms with E-state index in [0.717, 1.165) is 0 Å². The second kappa shape index (κ2) is 4.41. The number of rotatable bonds is 3. The summed E-state index contributed by atoms with van der Waals surface area (Å²) in [6.07, 6.45) is 1.08. The predicted molar refractivity (Wildman–Crippen MR) is 50.5 cm³/mol. The third-order valence-electron chi connectivity index (χ3n) is 2.71. The molecule has 80 valence electrons. The fourth-order valence-electron chi connectivity index (χ4n) is 1.87. The molecule has 1 fully saturated rings. The summed E-state index contributed by atoms with van der Waals surface area (Å²) in [5, 5.41) is 11.4. The average Bonchev–Trinajstić information content (AvgIpc) is 2.43. The van der Waals surface area contributed by atoms with Crippen LogP contribution in [0.2, 0.25) is 0 Å². The van der Waals surface area contributed by atoms with E-state index >= 15 is 0 Å². The first-order chi connectivity index (χ1) is 6.50. The lowest BCUT2D eigenvalue weighted by molar-refractivity contribution is -0.141. The molecule has 14 heavy (non-hydrogen) atoms. The van der Waals surface area contributed by atoms with Gasteiger partial charge in [0, 0.05) is 19.5 Å². The molecular formula is C9H16N2O3. The molecule has 1 aliphatic rings. The van der Waals surface area contributed by atoms with Gasteiger partial charge in [-0.05, 0) is 18.8 Å². The van der Waals surface area contributed by atoms with Crippen LogP contribution in [0.3, 0.4) is 0 Å². The van der Waals surface area contributed by atoms with Crippen LogP contribution in [0.5, 0.6) is 0 Å². The molecule has 0 aromatic heterocycles. The molecule has 0 spiro atoms. The molecule has 3 atom stereocenters. The van der Waals surface area contributed by atoms with Crippen molar-refractivity contribution in [3.63, 3.8) is 0 Å². The summed E-state index contributed by atoms with van der Waals surface area (Å²) >= 11 is 0. The predicted octanol–water partition coefficient (Wildman–Crippen LogP) is -0.439. The molecular weight excluding hydrogens is 184 g/mol. The van der Waals surface area contributed by atoms with Gasteiger partial charge in [0.05, 0.1) is 5.92 Å². The summed E-state index contributed by atoms with van der Waals surface area (Å²) in [7, 11) is 0. The highest BCUT2D eigenvalue weighted by Crippen LogP contribution is 2.29. The highest BCUT2D eigenvalue weighted by atomic mass is 16.4. The Hall–Kier alpha value is -1.10. The molecule has 5 heteroatoms. The zero-order valence-electron chi connectivity index (χ0n) is 8.19. The van der Waals surface area contributed by atoms with Crippen LogP contribution < -0.4 is 11.1 Å². The molecule has 0 aromatic rings. The Morgan fingerprint density at radius 1 is 1.50 bits per heavy atom. The van der Waals surface area contributed by atoms with Crippen LogP contribution in [0.4, 0.5) is 0 Å². The molecule has 0 saturated heterocycles. The summed E-state index contributed by atoms with van der Waals surface area (Å²) < 4.78 is 0. The van der Waals surface area contributed by atoms with Crippen LogP contribution in [-0.4, -0.2) is 29.6 Å². The van der Waals surface area contributed by atoms with Gasteiger partial charge in [-0.25, -0.2) is 0 Å². The molecule has 0 radical (unpaired) electrons. The standard InChI is InChI=1S/C9H16N2O3/c1-5(12)11-4-7-2-6(9(13)14)3-8(7)10/h6-8H,2-4,10H2,1H3,(H,11,12)(H,13,14)/t6-,7-,8+/m0/s1. The fourth-order valence-corrected chi connectivity index (χ4v) is 1.87. The highest BCUT2D eigenvalue weighted by Gasteiger charge is 2.35. The van der Waals surface area contributed by atoms with E-state index in [2.05, 4.69) is 5.32 Å². The number of carboxylic acid groups (broad SMARTS) is 1. The second-order valence-corrected chi connectivity index (χ2v) is 3.87. The van der Waals surface area contributed by atoms with Gasteiger partial charge in [-0.15, -0.1) is 0 Å². The maximum Gasteiger partial charge on any atom is 0.306 e. The van der Waals surface area contributed by atoms with Crippen molar-refractivity contribution < 1.29 is 14.7 Å². The molecule has 1 saturated carbocycles. The lowest BCUT2D eigenvalue weighted by Gasteiger charge is -2.14. The minimum Gasteiger partial charge on any atom is -0.481 e. The van der Waals surface area contributed by atoms with Crippen LogP contribution in [-0.2, 0) is 9.59 Å². The minimum absolute atomic E-state index is 0.0972. The van der Waals surface area contributed by atoms with Crippen molar-refractivity contribution in [1.29, 1.82) is 0 Å². The number of carboxylic acids is 1. The summed E-state index contributed by atoms with van der Waals surface area (Å²) in [5.41, 5.74) is 5.78. The largest absolute Gasteiger partial charge is 0.481 e. The molecule has 1 aliphatic carbocycles. The molecule has 0 aliphatic heterocycles. The first-order valence-corrected chi connectivity index (χ1v) is 4.73. The summed E-state index contributed by atoms with van der Waals surface area (Å²) in [6.45, 7) is 1.93. The zero-order valence-corrected chi connectivity index (χ0v) is 8.19. The summed E-state index contributed by atoms with van der Waals surface area (Å²) in [5.74, 6) is -1.13. The van der Waals surface area contributed by atoms with Gasteiger partial charge in [0.25, 0.3) is 0 Å². The van der Waals surface area contributed by atoms with E-state index in [-0.39, 0.29) is 23.8 Å². The van der Waals surface area contributed by atoms with Crippen LogP contribution in [0.1, 0.15) is 19.8 Å². The molecule has 1 rings (SSSR count). The monoisotopic (exact) mass is 200 g/mol. The average molecular weight is 200 g/mol. The quantitative estimate of drug-likeness (QED) is 0.576. The number of amides is 1. The lowest BCUT2D eigenvalue weighted by atomic mass is 10.0. The molecule has 0 bridgehead atoms. The molecule has 0 heterocycles. The number of hydrogen-bond acceptors (Lipinski definition) is 3. The van der Waals surface area contributed by atoms with Gasteiger partial charge in [-0.1, -0.05) is 0 Å². The van der Waals surface area contributed by atoms with Crippen LogP contribution in [0.15, 0.2) is 0 Å². The maximum atomic E-state index is 10.7. The number of hydrogen-bond donors (Lipinski definition) is 3. The Morgan fingerprint density at radius 3 is 2.57 bits per heavy atom. The number of carbonyl (C=O) groups is 2. The molecule has 0 unspecified atom stereocenters. The molecule has 5 nitrogen and oxygen atoms in total. The van der Waals surface area contributed by atoms with E-state index in [4.69, 9.17) is 10.8 Å². The smallest absolute Gasteiger partial charge is 0.306 e. The normalized spacial score (nSPS) is 31.4. The number of nitrogens with two attached hydrogens (primary N) is 1. The van der Waals surface area contributed by atoms with Crippen molar-refractivity contribution in [3.05, 3.63) is 0 Å². The van der Waals surface area contributed by atoms with Crippen LogP contribution >= 0.6 is 0 Å². The number of nitrogens with one attached hydrogen (secondary N) is 1. The zero-order chi connectivity index (χ0) is 10.7. The Labute approximate surface area is 82.7 Å². The topological polar surface area (TPSA) is 92.4 Å². The molecule has 0 aromatic carbocycles. The van der Waals surface area contributed by atoms with Gasteiger partial charge in [-0.2, -0.15) is 0 Å². The molecule has 1 amide bonds. The van der Waals surface area contributed by atoms with Crippen molar-refractivity contribution in [1.82, 2.24) is 5.32 Å². The van der Waals surface area contributed by atoms with E-state index < -0.39 is 5.97 Å². The van der Waals surface area contributed by atoms with Crippen molar-refractivity contribution in [2.24, 2.45) is 17.6 Å². The maximum absolute atomic E-state index is 10.7. The summed E-state index contributed by atoms with van der Waals surface area (Å²) in [6, 6.07) is -0.108. The van der Waals surface area contributed by atoms with E-state index in [9.17, 15) is 9.59 Å². The van der Waals surface area contributed by atoms with Gasteiger partial charge in [-0.3, -0.25) is 9.59 Å². The highest BCUT2D eigenvalue weighted by molar-refractivity contribution is 5.73. The van der Waals surface area contributed by atoms with Crippen molar-refractivity contribution in [2.45, 2.75) is 25.8 Å². The first-order valence-electron chi connectivity index (χ1n) is 4.73. The van der Waals surface area contributed by atoms with Gasteiger partial charge >= 0.3 is 5.97 Å². The van der Waals surface area contributed by atoms with Crippen LogP contribution in [0.25, 0.3) is 0 Å². The minimum atomic E-state index is -0.786. The number of carbonyl (C=O) groups excluding carboxylic acids is 1. The third kappa shape index (κ3) is 2.70. The van der Waals surface area contributed by atoms with Gasteiger partial charge in [0.2, 0.25) is 5.91 Å². The first kappa shape index (κ1) is 11.0. The van der Waals surface area contributed by atoms with Gasteiger partial charge in [0.1, 0.15) is 0 Å². The second-order valence-electron chi connectivity index (χ2n) is 3.87. The lowest BCUT2D eigenvalue weighted by Crippen LogP contribution is -2.34. The van der Waals surface area contributed by atoms with Gasteiger partial charge < -0.3 is 16.2 Å². The van der Waals surface area contributed by atoms with Gasteiger partial charge in [0.15, 0.2) is 0 Å². The van der Waals surface area contributed by atoms with E-state index in [1.54, 1.807) is 0 Å². The van der Waals surface area contributed by atoms with Crippen LogP contribution in [0, 0.1) is 11.8 Å². The van der Waals surface area contributed by atoms with Crippen molar-refractivity contribution in [3.8, 4) is 0 Å². The third-order valence-corrected chi connectivity index (χ3v) is 2.71. The SMILES string of the molecule is CC(=O)NC[C@@H]1C[C@H](C(=O)O)C[C@H]1N. The van der Waals surface area contributed by atoms with Crippen molar-refractivity contribution >= 4 is 11.9 Å². The summed E-state index contributed by atoms with van der Waals surface area (Å²) in [4.78, 5) is 21.3. The van der Waals surface area contributed by atoms with E-state index in [1.807, 2.05) is 0 Å². The Kier molecular flexibility index (Phi) is 3.46. The Morgan fingerprint density at radius 2 is 2.14 bits per heavy atom. The fraction of sp³-hybridized carbons (Fsp3) is 0.778. The number of aliphatic carboxylic acids is 1.